The third-order valence-corrected chi connectivity index (χ3v) is 3.99. The van der Waals surface area contributed by atoms with Gasteiger partial charge in [0.25, 0.3) is 0 Å². The van der Waals surface area contributed by atoms with E-state index in [0.29, 0.717) is 11.6 Å². The second kappa shape index (κ2) is 8.71. The second-order valence-electron chi connectivity index (χ2n) is 6.04. The number of carbonyl (C=O) groups is 1. The van der Waals surface area contributed by atoms with Crippen molar-refractivity contribution in [3.05, 3.63) is 64.7 Å². The van der Waals surface area contributed by atoms with Gasteiger partial charge in [-0.05, 0) is 44.3 Å². The Kier molecular flexibility index (Phi) is 6.64. The Hall–Kier alpha value is -2.04. The lowest BCUT2D eigenvalue weighted by Crippen LogP contribution is -2.37. The zero-order valence-corrected chi connectivity index (χ0v) is 15.1. The fourth-order valence-electron chi connectivity index (χ4n) is 2.36. The number of benzene rings is 2. The van der Waals surface area contributed by atoms with Crippen molar-refractivity contribution in [3.63, 3.8) is 0 Å². The number of hydrogen-bond acceptors (Lipinski definition) is 3. The van der Waals surface area contributed by atoms with E-state index in [1.54, 1.807) is 0 Å². The molecule has 0 saturated carbocycles. The summed E-state index contributed by atoms with van der Waals surface area (Å²) in [5.41, 5.74) is 2.82. The summed E-state index contributed by atoms with van der Waals surface area (Å²) >= 11 is 6.10. The van der Waals surface area contributed by atoms with Crippen LogP contribution in [0.3, 0.4) is 0 Å². The number of halogens is 1. The molecule has 0 aliphatic carbocycles. The average molecular weight is 346 g/mol. The van der Waals surface area contributed by atoms with Gasteiger partial charge in [-0.1, -0.05) is 48.0 Å². The molecule has 2 aromatic carbocycles. The van der Waals surface area contributed by atoms with Crippen LogP contribution in [0.25, 0.3) is 0 Å². The van der Waals surface area contributed by atoms with Crippen molar-refractivity contribution in [2.75, 3.05) is 32.5 Å². The molecule has 0 aliphatic rings. The minimum absolute atomic E-state index is 0.0533. The van der Waals surface area contributed by atoms with Crippen LogP contribution in [0, 0.1) is 6.92 Å². The van der Waals surface area contributed by atoms with Gasteiger partial charge in [0, 0.05) is 23.8 Å². The Morgan fingerprint density at radius 3 is 2.54 bits per heavy atom. The fourth-order valence-corrected chi connectivity index (χ4v) is 2.53. The molecule has 0 radical (unpaired) electrons. The highest BCUT2D eigenvalue weighted by atomic mass is 35.5. The SMILES string of the molecule is Cc1ccc(Cl)cc1NC(C(=O)NCCN(C)C)c1ccccc1. The molecule has 4 nitrogen and oxygen atoms in total. The number of aryl methyl sites for hydroxylation is 1. The van der Waals surface area contributed by atoms with Crippen LogP contribution in [-0.2, 0) is 4.79 Å². The average Bonchev–Trinajstić information content (AvgIpc) is 2.56. The summed E-state index contributed by atoms with van der Waals surface area (Å²) in [7, 11) is 3.96. The first-order chi connectivity index (χ1) is 11.5. The quantitative estimate of drug-likeness (QED) is 0.807. The summed E-state index contributed by atoms with van der Waals surface area (Å²) in [6.45, 7) is 3.39. The van der Waals surface area contributed by atoms with E-state index in [9.17, 15) is 4.79 Å². The van der Waals surface area contributed by atoms with E-state index in [4.69, 9.17) is 11.6 Å². The fraction of sp³-hybridized carbons (Fsp3) is 0.316. The topological polar surface area (TPSA) is 44.4 Å². The summed E-state index contributed by atoms with van der Waals surface area (Å²) in [5, 5.41) is 6.96. The summed E-state index contributed by atoms with van der Waals surface area (Å²) in [5.74, 6) is -0.0533. The molecule has 0 bridgehead atoms. The molecule has 0 aliphatic heterocycles. The number of anilines is 1. The van der Waals surface area contributed by atoms with Gasteiger partial charge in [-0.3, -0.25) is 4.79 Å². The molecule has 0 spiro atoms. The first kappa shape index (κ1) is 18.3. The van der Waals surface area contributed by atoms with Gasteiger partial charge in [0.2, 0.25) is 5.91 Å². The highest BCUT2D eigenvalue weighted by molar-refractivity contribution is 6.30. The number of hydrogen-bond donors (Lipinski definition) is 2. The molecule has 1 atom stereocenters. The van der Waals surface area contributed by atoms with Gasteiger partial charge in [-0.2, -0.15) is 0 Å². The van der Waals surface area contributed by atoms with Gasteiger partial charge < -0.3 is 15.5 Å². The smallest absolute Gasteiger partial charge is 0.247 e. The van der Waals surface area contributed by atoms with Crippen molar-refractivity contribution in [1.29, 1.82) is 0 Å². The monoisotopic (exact) mass is 345 g/mol. The Morgan fingerprint density at radius 1 is 1.17 bits per heavy atom. The van der Waals surface area contributed by atoms with Crippen molar-refractivity contribution in [2.24, 2.45) is 0 Å². The molecule has 2 rings (SSSR count). The second-order valence-corrected chi connectivity index (χ2v) is 6.48. The van der Waals surface area contributed by atoms with E-state index in [1.807, 2.05) is 74.4 Å². The lowest BCUT2D eigenvalue weighted by molar-refractivity contribution is -0.122. The van der Waals surface area contributed by atoms with Gasteiger partial charge in [0.05, 0.1) is 0 Å². The highest BCUT2D eigenvalue weighted by Gasteiger charge is 2.20. The maximum atomic E-state index is 12.7. The maximum absolute atomic E-state index is 12.7. The molecular weight excluding hydrogens is 322 g/mol. The Balaban J connectivity index is 2.20. The van der Waals surface area contributed by atoms with Crippen molar-refractivity contribution in [1.82, 2.24) is 10.2 Å². The maximum Gasteiger partial charge on any atom is 0.247 e. The summed E-state index contributed by atoms with van der Waals surface area (Å²) in [4.78, 5) is 14.7. The predicted molar refractivity (Wildman–Crippen MR) is 101 cm³/mol. The molecule has 2 N–H and O–H groups in total. The molecule has 0 fully saturated rings. The third kappa shape index (κ3) is 5.25. The van der Waals surface area contributed by atoms with Crippen molar-refractivity contribution >= 4 is 23.2 Å². The number of nitrogens with one attached hydrogen (secondary N) is 2. The standard InChI is InChI=1S/C19H24ClN3O/c1-14-9-10-16(20)13-17(14)22-18(15-7-5-4-6-8-15)19(24)21-11-12-23(2)3/h4-10,13,18,22H,11-12H2,1-3H3,(H,21,24). The predicted octanol–water partition coefficient (Wildman–Crippen LogP) is 3.48. The van der Waals surface area contributed by atoms with Gasteiger partial charge in [0.1, 0.15) is 6.04 Å². The van der Waals surface area contributed by atoms with Crippen LogP contribution in [0.15, 0.2) is 48.5 Å². The molecule has 24 heavy (non-hydrogen) atoms. The van der Waals surface area contributed by atoms with E-state index in [2.05, 4.69) is 10.6 Å². The molecule has 2 aromatic rings. The normalized spacial score (nSPS) is 12.0. The van der Waals surface area contributed by atoms with E-state index < -0.39 is 6.04 Å². The lowest BCUT2D eigenvalue weighted by atomic mass is 10.0. The lowest BCUT2D eigenvalue weighted by Gasteiger charge is -2.22. The highest BCUT2D eigenvalue weighted by Crippen LogP contribution is 2.25. The number of likely N-dealkylation sites (N-methyl/N-ethyl adjacent to an activating group) is 1. The van der Waals surface area contributed by atoms with Crippen LogP contribution in [0.2, 0.25) is 5.02 Å². The molecule has 1 amide bonds. The van der Waals surface area contributed by atoms with Gasteiger partial charge in [0.15, 0.2) is 0 Å². The van der Waals surface area contributed by atoms with Crippen LogP contribution >= 0.6 is 11.6 Å². The Bertz CT molecular complexity index is 674. The molecule has 0 heterocycles. The number of amides is 1. The zero-order chi connectivity index (χ0) is 17.5. The molecular formula is C19H24ClN3O. The molecule has 0 saturated heterocycles. The number of carbonyl (C=O) groups excluding carboxylic acids is 1. The number of nitrogens with zero attached hydrogens (tertiary/aromatic N) is 1. The van der Waals surface area contributed by atoms with E-state index in [-0.39, 0.29) is 5.91 Å². The summed E-state index contributed by atoms with van der Waals surface area (Å²) < 4.78 is 0. The first-order valence-electron chi connectivity index (χ1n) is 7.97. The van der Waals surface area contributed by atoms with Gasteiger partial charge >= 0.3 is 0 Å². The van der Waals surface area contributed by atoms with Crippen molar-refractivity contribution in [3.8, 4) is 0 Å². The summed E-state index contributed by atoms with van der Waals surface area (Å²) in [6.07, 6.45) is 0. The van der Waals surface area contributed by atoms with Gasteiger partial charge in [-0.15, -0.1) is 0 Å². The largest absolute Gasteiger partial charge is 0.370 e. The third-order valence-electron chi connectivity index (χ3n) is 3.75. The Labute approximate surface area is 148 Å². The van der Waals surface area contributed by atoms with Crippen molar-refractivity contribution < 1.29 is 4.79 Å². The molecule has 1 unspecified atom stereocenters. The minimum Gasteiger partial charge on any atom is -0.370 e. The van der Waals surface area contributed by atoms with Gasteiger partial charge in [-0.25, -0.2) is 0 Å². The molecule has 128 valence electrons. The van der Waals surface area contributed by atoms with E-state index in [0.717, 1.165) is 23.4 Å². The minimum atomic E-state index is -0.467. The van der Waals surface area contributed by atoms with Crippen LogP contribution in [0.1, 0.15) is 17.2 Å². The van der Waals surface area contributed by atoms with Crippen LogP contribution in [-0.4, -0.2) is 38.0 Å². The first-order valence-corrected chi connectivity index (χ1v) is 8.35. The van der Waals surface area contributed by atoms with Crippen molar-refractivity contribution in [2.45, 2.75) is 13.0 Å². The zero-order valence-electron chi connectivity index (χ0n) is 14.3. The van der Waals surface area contributed by atoms with Crippen LogP contribution < -0.4 is 10.6 Å². The van der Waals surface area contributed by atoms with E-state index in [1.165, 1.54) is 0 Å². The molecule has 0 aromatic heterocycles. The van der Waals surface area contributed by atoms with Crippen LogP contribution in [0.4, 0.5) is 5.69 Å². The summed E-state index contributed by atoms with van der Waals surface area (Å²) in [6, 6.07) is 14.9. The Morgan fingerprint density at radius 2 is 1.88 bits per heavy atom. The number of rotatable bonds is 7. The van der Waals surface area contributed by atoms with E-state index >= 15 is 0 Å². The molecule has 5 heteroatoms. The van der Waals surface area contributed by atoms with Crippen LogP contribution in [0.5, 0.6) is 0 Å².